The van der Waals surface area contributed by atoms with E-state index >= 15 is 0 Å². The van der Waals surface area contributed by atoms with Gasteiger partial charge in [0.15, 0.2) is 0 Å². The summed E-state index contributed by atoms with van der Waals surface area (Å²) in [6, 6.07) is 0. The van der Waals surface area contributed by atoms with Crippen LogP contribution in [-0.2, 0) is 9.59 Å². The molecule has 0 bridgehead atoms. The van der Waals surface area contributed by atoms with E-state index in [1.54, 1.807) is 6.92 Å². The normalized spacial score (nSPS) is 42.2. The number of hydrogen-bond acceptors (Lipinski definition) is 3. The Bertz CT molecular complexity index is 984. The molecule has 188 valence electrons. The Morgan fingerprint density at radius 3 is 2.50 bits per heavy atom. The summed E-state index contributed by atoms with van der Waals surface area (Å²) in [6.07, 6.45) is 12.2. The van der Waals surface area contributed by atoms with E-state index in [2.05, 4.69) is 53.7 Å². The van der Waals surface area contributed by atoms with Gasteiger partial charge in [-0.05, 0) is 85.2 Å². The molecule has 2 fully saturated rings. The Labute approximate surface area is 205 Å². The van der Waals surface area contributed by atoms with Gasteiger partial charge in [-0.25, -0.2) is 4.79 Å². The Balaban J connectivity index is 1.66. The number of aliphatic hydroxyl groups is 1. The number of allylic oxidation sites excluding steroid dienone is 4. The van der Waals surface area contributed by atoms with Crippen LogP contribution in [-0.4, -0.2) is 28.1 Å². The fourth-order valence-corrected chi connectivity index (χ4v) is 8.60. The fraction of sp³-hybridized carbons (Fsp3) is 0.733. The molecule has 0 spiro atoms. The molecule has 4 nitrogen and oxygen atoms in total. The highest BCUT2D eigenvalue weighted by atomic mass is 16.4. The molecule has 34 heavy (non-hydrogen) atoms. The Hall–Kier alpha value is -1.68. The van der Waals surface area contributed by atoms with Crippen molar-refractivity contribution in [2.75, 3.05) is 0 Å². The number of carboxylic acid groups (broad SMARTS) is 1. The van der Waals surface area contributed by atoms with E-state index in [1.807, 2.05) is 6.08 Å². The highest BCUT2D eigenvalue weighted by molar-refractivity contribution is 5.86. The second-order valence-corrected chi connectivity index (χ2v) is 13.0. The fourth-order valence-electron chi connectivity index (χ4n) is 8.60. The molecule has 0 unspecified atom stereocenters. The summed E-state index contributed by atoms with van der Waals surface area (Å²) in [5.41, 5.74) is 2.46. The molecule has 0 amide bonds. The quantitative estimate of drug-likeness (QED) is 0.452. The number of Topliss-reactive ketones (excluding diaryl/α,β-unsaturated/α-hetero) is 1. The summed E-state index contributed by atoms with van der Waals surface area (Å²) in [5, 5.41) is 20.8. The van der Waals surface area contributed by atoms with E-state index < -0.39 is 12.1 Å². The third-order valence-electron chi connectivity index (χ3n) is 11.2. The molecule has 4 rings (SSSR count). The first-order chi connectivity index (χ1) is 15.7. The summed E-state index contributed by atoms with van der Waals surface area (Å²) in [4.78, 5) is 23.9. The molecule has 0 aromatic carbocycles. The molecule has 2 N–H and O–H groups in total. The van der Waals surface area contributed by atoms with Crippen molar-refractivity contribution in [3.63, 3.8) is 0 Å². The van der Waals surface area contributed by atoms with Gasteiger partial charge < -0.3 is 10.2 Å². The third-order valence-corrected chi connectivity index (χ3v) is 11.2. The average Bonchev–Trinajstić information content (AvgIpc) is 2.98. The highest BCUT2D eigenvalue weighted by Crippen LogP contribution is 2.71. The Kier molecular flexibility index (Phi) is 6.12. The number of aliphatic hydroxyl groups excluding tert-OH is 1. The molecule has 4 aliphatic carbocycles. The van der Waals surface area contributed by atoms with E-state index in [0.29, 0.717) is 35.5 Å². The maximum Gasteiger partial charge on any atom is 0.330 e. The first-order valence-corrected chi connectivity index (χ1v) is 13.2. The standard InChI is InChI=1S/C30H44O4/c1-18(9-8-10-19(2)26(33)34)22-17-25(32)30(7)21-11-12-23-27(3,4)24(31)14-15-28(23,5)20(21)13-16-29(22,30)6/h10-11,13,18,22-23,25,32H,8-9,12,14-17H2,1-7H3,(H,33,34)/b19-10-/t18-,22-,23+,25-,28-,29-,30-/m1/s1. The van der Waals surface area contributed by atoms with Crippen LogP contribution < -0.4 is 0 Å². The Morgan fingerprint density at radius 1 is 1.18 bits per heavy atom. The SMILES string of the molecule is C/C(=C/CC[C@@H](C)[C@H]1C[C@@H](O)[C@@]2(C)C3=CC[C@H]4C(C)(C)C(=O)CC[C@]4(C)C3=CC[C@]12C)C(=O)O. The minimum absolute atomic E-state index is 0.0194. The topological polar surface area (TPSA) is 74.6 Å². The van der Waals surface area contributed by atoms with Gasteiger partial charge in [0.2, 0.25) is 0 Å². The number of carbonyl (C=O) groups is 2. The first kappa shape index (κ1) is 25.4. The monoisotopic (exact) mass is 468 g/mol. The lowest BCUT2D eigenvalue weighted by atomic mass is 9.44. The predicted octanol–water partition coefficient (Wildman–Crippen LogP) is 6.50. The minimum Gasteiger partial charge on any atom is -0.478 e. The zero-order chi connectivity index (χ0) is 25.3. The zero-order valence-corrected chi connectivity index (χ0v) is 22.2. The molecule has 0 aromatic rings. The van der Waals surface area contributed by atoms with Gasteiger partial charge in [-0.15, -0.1) is 0 Å². The van der Waals surface area contributed by atoms with Gasteiger partial charge in [-0.2, -0.15) is 0 Å². The van der Waals surface area contributed by atoms with E-state index in [-0.39, 0.29) is 21.7 Å². The van der Waals surface area contributed by atoms with Crippen molar-refractivity contribution in [3.8, 4) is 0 Å². The van der Waals surface area contributed by atoms with Crippen molar-refractivity contribution < 1.29 is 19.8 Å². The summed E-state index contributed by atoms with van der Waals surface area (Å²) in [7, 11) is 0. The van der Waals surface area contributed by atoms with E-state index in [4.69, 9.17) is 5.11 Å². The van der Waals surface area contributed by atoms with Crippen LogP contribution >= 0.6 is 0 Å². The molecular weight excluding hydrogens is 424 g/mol. The largest absolute Gasteiger partial charge is 0.478 e. The number of carboxylic acids is 1. The van der Waals surface area contributed by atoms with Crippen molar-refractivity contribution in [1.82, 2.24) is 0 Å². The molecule has 0 aliphatic heterocycles. The maximum atomic E-state index is 12.8. The van der Waals surface area contributed by atoms with Gasteiger partial charge >= 0.3 is 5.97 Å². The van der Waals surface area contributed by atoms with E-state index in [1.165, 1.54) is 11.1 Å². The van der Waals surface area contributed by atoms with E-state index in [0.717, 1.165) is 38.5 Å². The smallest absolute Gasteiger partial charge is 0.330 e. The molecule has 2 saturated carbocycles. The first-order valence-electron chi connectivity index (χ1n) is 13.2. The summed E-state index contributed by atoms with van der Waals surface area (Å²) >= 11 is 0. The van der Waals surface area contributed by atoms with Gasteiger partial charge in [0.1, 0.15) is 5.78 Å². The van der Waals surface area contributed by atoms with Crippen molar-refractivity contribution in [1.29, 1.82) is 0 Å². The van der Waals surface area contributed by atoms with Crippen LogP contribution in [0.1, 0.15) is 93.4 Å². The maximum absolute atomic E-state index is 12.8. The van der Waals surface area contributed by atoms with Gasteiger partial charge in [0, 0.05) is 22.8 Å². The zero-order valence-electron chi connectivity index (χ0n) is 22.2. The molecular formula is C30H44O4. The number of ketones is 1. The second kappa shape index (κ2) is 8.18. The molecule has 0 heterocycles. The van der Waals surface area contributed by atoms with Crippen LogP contribution in [0, 0.1) is 39.4 Å². The van der Waals surface area contributed by atoms with Crippen LogP contribution in [0.5, 0.6) is 0 Å². The molecule has 4 heteroatoms. The number of fused-ring (bicyclic) bond motifs is 5. The lowest BCUT2D eigenvalue weighted by molar-refractivity contribution is -0.138. The molecule has 7 atom stereocenters. The van der Waals surface area contributed by atoms with E-state index in [9.17, 15) is 14.7 Å². The number of carbonyl (C=O) groups excluding carboxylic acids is 1. The van der Waals surface area contributed by atoms with Crippen molar-refractivity contribution >= 4 is 11.8 Å². The molecule has 0 saturated heterocycles. The van der Waals surface area contributed by atoms with Crippen LogP contribution in [0.15, 0.2) is 34.9 Å². The van der Waals surface area contributed by atoms with Gasteiger partial charge in [0.25, 0.3) is 0 Å². The van der Waals surface area contributed by atoms with Crippen molar-refractivity contribution in [3.05, 3.63) is 34.9 Å². The summed E-state index contributed by atoms with van der Waals surface area (Å²) in [6.45, 7) is 15.2. The molecule has 0 aromatic heterocycles. The van der Waals surface area contributed by atoms with Crippen LogP contribution in [0.3, 0.4) is 0 Å². The lowest BCUT2D eigenvalue weighted by Crippen LogP contribution is -2.54. The minimum atomic E-state index is -0.850. The van der Waals surface area contributed by atoms with Crippen LogP contribution in [0.4, 0.5) is 0 Å². The highest BCUT2D eigenvalue weighted by Gasteiger charge is 2.66. The van der Waals surface area contributed by atoms with Gasteiger partial charge in [0.05, 0.1) is 6.10 Å². The lowest BCUT2D eigenvalue weighted by Gasteiger charge is -2.60. The second-order valence-electron chi connectivity index (χ2n) is 13.0. The number of hydrogen-bond donors (Lipinski definition) is 2. The van der Waals surface area contributed by atoms with Crippen molar-refractivity contribution in [2.24, 2.45) is 39.4 Å². The third kappa shape index (κ3) is 3.34. The average molecular weight is 469 g/mol. The number of rotatable bonds is 5. The summed E-state index contributed by atoms with van der Waals surface area (Å²) in [5.74, 6) is 0.618. The molecule has 0 radical (unpaired) electrons. The number of aliphatic carboxylic acids is 1. The van der Waals surface area contributed by atoms with Crippen LogP contribution in [0.2, 0.25) is 0 Å². The van der Waals surface area contributed by atoms with Gasteiger partial charge in [-0.1, -0.05) is 59.8 Å². The Morgan fingerprint density at radius 2 is 1.85 bits per heavy atom. The van der Waals surface area contributed by atoms with Crippen molar-refractivity contribution in [2.45, 2.75) is 99.5 Å². The van der Waals surface area contributed by atoms with Gasteiger partial charge in [-0.3, -0.25) is 4.79 Å². The molecule has 4 aliphatic rings. The predicted molar refractivity (Wildman–Crippen MR) is 135 cm³/mol. The van der Waals surface area contributed by atoms with Crippen LogP contribution in [0.25, 0.3) is 0 Å². The summed E-state index contributed by atoms with van der Waals surface area (Å²) < 4.78 is 0.